The van der Waals surface area contributed by atoms with Crippen LogP contribution < -0.4 is 4.74 Å². The van der Waals surface area contributed by atoms with E-state index in [1.807, 2.05) is 33.7 Å². The maximum atomic E-state index is 12.1. The molecular weight excluding hydrogens is 380 g/mol. The van der Waals surface area contributed by atoms with Crippen LogP contribution in [0.5, 0.6) is 5.75 Å². The molecule has 0 bridgehead atoms. The van der Waals surface area contributed by atoms with E-state index in [-0.39, 0.29) is 12.6 Å². The first-order valence-corrected chi connectivity index (χ1v) is 9.32. The van der Waals surface area contributed by atoms with Crippen LogP contribution in [-0.2, 0) is 22.7 Å². The predicted molar refractivity (Wildman–Crippen MR) is 106 cm³/mol. The van der Waals surface area contributed by atoms with E-state index in [1.165, 1.54) is 7.11 Å². The lowest BCUT2D eigenvalue weighted by molar-refractivity contribution is -0.146. The Kier molecular flexibility index (Phi) is 6.28. The second kappa shape index (κ2) is 8.68. The molecule has 3 rings (SSSR count). The summed E-state index contributed by atoms with van der Waals surface area (Å²) in [6.07, 6.45) is 1.48. The molecule has 0 radical (unpaired) electrons. The van der Waals surface area contributed by atoms with Gasteiger partial charge in [0.1, 0.15) is 11.8 Å². The third-order valence-corrected chi connectivity index (χ3v) is 5.18. The topological polar surface area (TPSA) is 81.8 Å². The lowest BCUT2D eigenvalue weighted by Crippen LogP contribution is -2.38. The molecule has 0 saturated carbocycles. The maximum absolute atomic E-state index is 12.1. The number of esters is 1. The summed E-state index contributed by atoms with van der Waals surface area (Å²) in [4.78, 5) is 13.9. The summed E-state index contributed by atoms with van der Waals surface area (Å²) in [6.45, 7) is 4.90. The fraction of sp³-hybridized carbons (Fsp3) is 0.421. The number of likely N-dealkylation sites (tertiary alicyclic amines) is 1. The average Bonchev–Trinajstić information content (AvgIpc) is 3.22. The van der Waals surface area contributed by atoms with Crippen LogP contribution in [-0.4, -0.2) is 63.2 Å². The number of aliphatic hydroxyl groups excluding tert-OH is 1. The predicted octanol–water partition coefficient (Wildman–Crippen LogP) is 1.84. The third kappa shape index (κ3) is 3.87. The second-order valence-electron chi connectivity index (χ2n) is 6.55. The van der Waals surface area contributed by atoms with Crippen molar-refractivity contribution >= 4 is 18.2 Å². The zero-order valence-electron chi connectivity index (χ0n) is 15.9. The largest absolute Gasteiger partial charge is 0.496 e. The Morgan fingerprint density at radius 2 is 2.18 bits per heavy atom. The van der Waals surface area contributed by atoms with E-state index in [4.69, 9.17) is 21.7 Å². The van der Waals surface area contributed by atoms with Gasteiger partial charge in [-0.3, -0.25) is 14.3 Å². The molecule has 0 spiro atoms. The molecule has 1 saturated heterocycles. The highest BCUT2D eigenvalue weighted by Crippen LogP contribution is 2.29. The third-order valence-electron chi connectivity index (χ3n) is 4.75. The number of aromatic nitrogens is 3. The number of benzene rings is 1. The van der Waals surface area contributed by atoms with Crippen molar-refractivity contribution in [1.29, 1.82) is 0 Å². The Morgan fingerprint density at radius 1 is 1.43 bits per heavy atom. The summed E-state index contributed by atoms with van der Waals surface area (Å²) in [7, 11) is 2.95. The molecule has 1 aliphatic heterocycles. The minimum Gasteiger partial charge on any atom is -0.496 e. The molecule has 1 aromatic carbocycles. The van der Waals surface area contributed by atoms with Crippen molar-refractivity contribution in [3.05, 3.63) is 41.7 Å². The quantitative estimate of drug-likeness (QED) is 0.428. The minimum absolute atomic E-state index is 0.266. The van der Waals surface area contributed by atoms with E-state index in [0.29, 0.717) is 35.9 Å². The van der Waals surface area contributed by atoms with Crippen LogP contribution in [0, 0.1) is 4.77 Å². The Balaban J connectivity index is 2.00. The monoisotopic (exact) mass is 404 g/mol. The van der Waals surface area contributed by atoms with Gasteiger partial charge in [-0.25, -0.2) is 4.68 Å². The number of allylic oxidation sites excluding steroid dienone is 1. The first kappa shape index (κ1) is 20.2. The van der Waals surface area contributed by atoms with Gasteiger partial charge in [0.25, 0.3) is 0 Å². The first-order chi connectivity index (χ1) is 13.5. The fourth-order valence-electron chi connectivity index (χ4n) is 3.44. The van der Waals surface area contributed by atoms with Crippen molar-refractivity contribution in [2.45, 2.75) is 31.8 Å². The van der Waals surface area contributed by atoms with Crippen LogP contribution >= 0.6 is 12.2 Å². The number of ether oxygens (including phenoxy) is 2. The highest BCUT2D eigenvalue weighted by atomic mass is 32.1. The van der Waals surface area contributed by atoms with Gasteiger partial charge in [-0.1, -0.05) is 18.2 Å². The molecule has 2 atom stereocenters. The highest BCUT2D eigenvalue weighted by Gasteiger charge is 2.37. The van der Waals surface area contributed by atoms with Gasteiger partial charge < -0.3 is 14.6 Å². The molecular formula is C19H24N4O4S. The Bertz CT molecular complexity index is 923. The number of β-amino-alcohol motifs (C(OH)–C–C–N with tert-alkyl or cyclic N) is 1. The van der Waals surface area contributed by atoms with E-state index >= 15 is 0 Å². The molecule has 0 aliphatic carbocycles. The van der Waals surface area contributed by atoms with Crippen molar-refractivity contribution in [1.82, 2.24) is 19.2 Å². The molecule has 8 nitrogen and oxygen atoms in total. The summed E-state index contributed by atoms with van der Waals surface area (Å²) in [5.41, 5.74) is 0.808. The van der Waals surface area contributed by atoms with E-state index in [1.54, 1.807) is 17.9 Å². The normalized spacial score (nSPS) is 19.5. The van der Waals surface area contributed by atoms with Gasteiger partial charge in [-0.2, -0.15) is 5.10 Å². The van der Waals surface area contributed by atoms with Crippen molar-refractivity contribution < 1.29 is 19.4 Å². The van der Waals surface area contributed by atoms with Gasteiger partial charge >= 0.3 is 5.97 Å². The lowest BCUT2D eigenvalue weighted by atomic mass is 10.2. The van der Waals surface area contributed by atoms with Crippen LogP contribution in [0.3, 0.4) is 0 Å². The minimum atomic E-state index is -0.595. The zero-order chi connectivity index (χ0) is 20.3. The van der Waals surface area contributed by atoms with Gasteiger partial charge in [0.2, 0.25) is 0 Å². The van der Waals surface area contributed by atoms with Crippen LogP contribution in [0.15, 0.2) is 36.9 Å². The molecule has 2 heterocycles. The van der Waals surface area contributed by atoms with Gasteiger partial charge in [-0.15, -0.1) is 6.58 Å². The number of carbonyl (C=O) groups is 1. The smallest absolute Gasteiger partial charge is 0.323 e. The molecule has 1 fully saturated rings. The SMILES string of the molecule is C=CCn1c(-c2ccccc2OC)nn(CN2C[C@H](O)C[C@H]2C(=O)OC)c1=S. The molecule has 0 amide bonds. The molecule has 1 aromatic heterocycles. The first-order valence-electron chi connectivity index (χ1n) is 8.92. The number of methoxy groups -OCH3 is 2. The zero-order valence-corrected chi connectivity index (χ0v) is 16.8. The Hall–Kier alpha value is -2.49. The van der Waals surface area contributed by atoms with Crippen LogP contribution in [0.2, 0.25) is 0 Å². The Labute approximate surface area is 168 Å². The summed E-state index contributed by atoms with van der Waals surface area (Å²) in [6, 6.07) is 7.04. The van der Waals surface area contributed by atoms with E-state index in [9.17, 15) is 9.90 Å². The summed E-state index contributed by atoms with van der Waals surface area (Å²) in [5, 5.41) is 14.7. The van der Waals surface area contributed by atoms with Crippen molar-refractivity contribution in [3.63, 3.8) is 0 Å². The highest BCUT2D eigenvalue weighted by molar-refractivity contribution is 7.71. The molecule has 28 heavy (non-hydrogen) atoms. The van der Waals surface area contributed by atoms with Crippen molar-refractivity contribution in [2.24, 2.45) is 0 Å². The number of hydrogen-bond acceptors (Lipinski definition) is 7. The van der Waals surface area contributed by atoms with Crippen LogP contribution in [0.1, 0.15) is 6.42 Å². The second-order valence-corrected chi connectivity index (χ2v) is 6.91. The van der Waals surface area contributed by atoms with Crippen molar-refractivity contribution in [3.8, 4) is 17.1 Å². The van der Waals surface area contributed by atoms with Gasteiger partial charge in [0, 0.05) is 19.5 Å². The molecule has 150 valence electrons. The van der Waals surface area contributed by atoms with Gasteiger partial charge in [0.05, 0.1) is 32.6 Å². The van der Waals surface area contributed by atoms with Crippen LogP contribution in [0.4, 0.5) is 0 Å². The Morgan fingerprint density at radius 3 is 2.86 bits per heavy atom. The van der Waals surface area contributed by atoms with E-state index in [2.05, 4.69) is 11.7 Å². The number of carbonyl (C=O) groups excluding carboxylic acids is 1. The van der Waals surface area contributed by atoms with Crippen LogP contribution in [0.25, 0.3) is 11.4 Å². The number of hydrogen-bond donors (Lipinski definition) is 1. The summed E-state index contributed by atoms with van der Waals surface area (Å²) < 4.78 is 14.3. The lowest BCUT2D eigenvalue weighted by Gasteiger charge is -2.21. The number of nitrogens with zero attached hydrogens (tertiary/aromatic N) is 4. The maximum Gasteiger partial charge on any atom is 0.323 e. The number of aliphatic hydroxyl groups is 1. The van der Waals surface area contributed by atoms with E-state index < -0.39 is 12.1 Å². The van der Waals surface area contributed by atoms with Gasteiger partial charge in [-0.05, 0) is 24.4 Å². The number of para-hydroxylation sites is 1. The standard InChI is InChI=1S/C19H24N4O4S/c1-4-9-22-17(14-7-5-6-8-16(14)26-2)20-23(19(22)28)12-21-11-13(24)10-15(21)18(25)27-3/h4-8,13,15,24H,1,9-12H2,2-3H3/t13-,15+/m1/s1. The average molecular weight is 404 g/mol. The van der Waals surface area contributed by atoms with E-state index in [0.717, 1.165) is 5.56 Å². The molecule has 1 aliphatic rings. The summed E-state index contributed by atoms with van der Waals surface area (Å²) >= 11 is 5.62. The fourth-order valence-corrected chi connectivity index (χ4v) is 3.70. The summed E-state index contributed by atoms with van der Waals surface area (Å²) in [5.74, 6) is 0.958. The molecule has 2 aromatic rings. The van der Waals surface area contributed by atoms with Gasteiger partial charge in [0.15, 0.2) is 10.6 Å². The van der Waals surface area contributed by atoms with Crippen molar-refractivity contribution in [2.75, 3.05) is 20.8 Å². The molecule has 0 unspecified atom stereocenters. The number of rotatable bonds is 7. The molecule has 9 heteroatoms. The molecule has 1 N–H and O–H groups in total.